The first-order chi connectivity index (χ1) is 6.63. The first kappa shape index (κ1) is 11.5. The topological polar surface area (TPSA) is 52.3 Å². The minimum absolute atomic E-state index is 0.199. The van der Waals surface area contributed by atoms with Crippen molar-refractivity contribution in [3.63, 3.8) is 0 Å². The lowest BCUT2D eigenvalue weighted by atomic mass is 10.2. The molecule has 0 saturated heterocycles. The van der Waals surface area contributed by atoms with E-state index in [2.05, 4.69) is 0 Å². The van der Waals surface area contributed by atoms with Crippen LogP contribution in [0.5, 0.6) is 0 Å². The molecule has 0 aliphatic carbocycles. The maximum atomic E-state index is 11.1. The summed E-state index contributed by atoms with van der Waals surface area (Å²) >= 11 is 7.19. The van der Waals surface area contributed by atoms with Gasteiger partial charge >= 0.3 is 5.97 Å². The van der Waals surface area contributed by atoms with E-state index in [1.165, 1.54) is 11.3 Å². The van der Waals surface area contributed by atoms with Crippen molar-refractivity contribution in [3.05, 3.63) is 21.3 Å². The van der Waals surface area contributed by atoms with Crippen molar-refractivity contribution in [1.29, 1.82) is 0 Å². The van der Waals surface area contributed by atoms with E-state index in [1.54, 1.807) is 18.4 Å². The zero-order chi connectivity index (χ0) is 10.6. The van der Waals surface area contributed by atoms with Gasteiger partial charge in [0.05, 0.1) is 18.1 Å². The average molecular weight is 234 g/mol. The van der Waals surface area contributed by atoms with Crippen LogP contribution in [0, 0.1) is 0 Å². The summed E-state index contributed by atoms with van der Waals surface area (Å²) in [5, 5.41) is 2.45. The molecular formula is C9H12ClNO2S. The highest BCUT2D eigenvalue weighted by Gasteiger charge is 2.13. The van der Waals surface area contributed by atoms with E-state index >= 15 is 0 Å². The van der Waals surface area contributed by atoms with E-state index in [-0.39, 0.29) is 18.4 Å². The molecule has 1 heterocycles. The minimum atomic E-state index is -0.313. The van der Waals surface area contributed by atoms with Crippen LogP contribution < -0.4 is 5.73 Å². The third-order valence-electron chi connectivity index (χ3n) is 1.65. The summed E-state index contributed by atoms with van der Waals surface area (Å²) in [5.74, 6) is -0.274. The van der Waals surface area contributed by atoms with Crippen LogP contribution in [0.25, 0.3) is 0 Å². The van der Waals surface area contributed by atoms with E-state index in [0.29, 0.717) is 11.6 Å². The molecule has 14 heavy (non-hydrogen) atoms. The number of carbonyl (C=O) groups excluding carboxylic acids is 1. The lowest BCUT2D eigenvalue weighted by Gasteiger charge is -2.07. The highest BCUT2D eigenvalue weighted by Crippen LogP contribution is 2.25. The molecule has 3 nitrogen and oxygen atoms in total. The second-order valence-electron chi connectivity index (χ2n) is 2.78. The third-order valence-corrected chi connectivity index (χ3v) is 3.06. The number of halogens is 1. The van der Waals surface area contributed by atoms with E-state index in [9.17, 15) is 4.79 Å². The summed E-state index contributed by atoms with van der Waals surface area (Å²) in [4.78, 5) is 12.0. The maximum absolute atomic E-state index is 11.1. The molecule has 0 amide bonds. The van der Waals surface area contributed by atoms with Crippen LogP contribution in [0.1, 0.15) is 24.3 Å². The van der Waals surface area contributed by atoms with Gasteiger partial charge in [0.25, 0.3) is 0 Å². The Morgan fingerprint density at radius 1 is 1.79 bits per heavy atom. The number of hydrogen-bond donors (Lipinski definition) is 1. The van der Waals surface area contributed by atoms with Gasteiger partial charge in [0.1, 0.15) is 0 Å². The molecule has 0 radical (unpaired) electrons. The summed E-state index contributed by atoms with van der Waals surface area (Å²) in [7, 11) is 0. The number of thiophene rings is 1. The third kappa shape index (κ3) is 3.29. The molecule has 1 atom stereocenters. The van der Waals surface area contributed by atoms with Crippen molar-refractivity contribution in [1.82, 2.24) is 0 Å². The fourth-order valence-corrected chi connectivity index (χ4v) is 2.11. The monoisotopic (exact) mass is 233 g/mol. The van der Waals surface area contributed by atoms with Crippen molar-refractivity contribution < 1.29 is 9.53 Å². The standard InChI is InChI=1S/C9H12ClNO2S/c1-2-13-9(12)4-7(11)8-3-6(10)5-14-8/h3,5,7H,2,4,11H2,1H3/t7-/m1/s1. The van der Waals surface area contributed by atoms with Gasteiger partial charge in [0.2, 0.25) is 0 Å². The second kappa shape index (κ2) is 5.34. The molecule has 0 saturated carbocycles. The van der Waals surface area contributed by atoms with Gasteiger partial charge in [0.15, 0.2) is 0 Å². The maximum Gasteiger partial charge on any atom is 0.307 e. The smallest absolute Gasteiger partial charge is 0.307 e. The van der Waals surface area contributed by atoms with Crippen LogP contribution in [-0.4, -0.2) is 12.6 Å². The number of rotatable bonds is 4. The normalized spacial score (nSPS) is 12.5. The molecule has 0 bridgehead atoms. The molecule has 0 aliphatic rings. The van der Waals surface area contributed by atoms with Crippen molar-refractivity contribution in [2.24, 2.45) is 5.73 Å². The fourth-order valence-electron chi connectivity index (χ4n) is 1.02. The van der Waals surface area contributed by atoms with E-state index < -0.39 is 0 Å². The molecule has 0 unspecified atom stereocenters. The molecule has 0 spiro atoms. The van der Waals surface area contributed by atoms with Gasteiger partial charge < -0.3 is 10.5 Å². The summed E-state index contributed by atoms with van der Waals surface area (Å²) in [6.45, 7) is 2.15. The first-order valence-electron chi connectivity index (χ1n) is 4.28. The van der Waals surface area contributed by atoms with Gasteiger partial charge in [-0.05, 0) is 13.0 Å². The molecule has 2 N–H and O–H groups in total. The summed E-state index contributed by atoms with van der Waals surface area (Å²) in [6.07, 6.45) is 0.199. The molecule has 1 rings (SSSR count). The summed E-state index contributed by atoms with van der Waals surface area (Å²) < 4.78 is 4.79. The van der Waals surface area contributed by atoms with Crippen LogP contribution in [0.15, 0.2) is 11.4 Å². The van der Waals surface area contributed by atoms with Crippen molar-refractivity contribution in [2.75, 3.05) is 6.61 Å². The van der Waals surface area contributed by atoms with Crippen molar-refractivity contribution >= 4 is 28.9 Å². The largest absolute Gasteiger partial charge is 0.466 e. The predicted octanol–water partition coefficient (Wildman–Crippen LogP) is 2.35. The molecule has 0 aliphatic heterocycles. The van der Waals surface area contributed by atoms with Gasteiger partial charge in [-0.15, -0.1) is 11.3 Å². The molecular weight excluding hydrogens is 222 g/mol. The highest BCUT2D eigenvalue weighted by atomic mass is 35.5. The SMILES string of the molecule is CCOC(=O)C[C@@H](N)c1cc(Cl)cs1. The van der Waals surface area contributed by atoms with Gasteiger partial charge in [0, 0.05) is 16.3 Å². The number of nitrogens with two attached hydrogens (primary N) is 1. The Labute approximate surface area is 91.8 Å². The Balaban J connectivity index is 2.50. The summed E-state index contributed by atoms with van der Waals surface area (Å²) in [6, 6.07) is 1.46. The van der Waals surface area contributed by atoms with Crippen molar-refractivity contribution in [2.45, 2.75) is 19.4 Å². The second-order valence-corrected chi connectivity index (χ2v) is 4.16. The zero-order valence-electron chi connectivity index (χ0n) is 7.83. The Bertz CT molecular complexity index is 314. The number of ether oxygens (including phenoxy) is 1. The van der Waals surface area contributed by atoms with Crippen LogP contribution >= 0.6 is 22.9 Å². The minimum Gasteiger partial charge on any atom is -0.466 e. The molecule has 0 aromatic carbocycles. The van der Waals surface area contributed by atoms with Gasteiger partial charge in [-0.3, -0.25) is 4.79 Å². The van der Waals surface area contributed by atoms with Crippen LogP contribution in [0.2, 0.25) is 5.02 Å². The molecule has 0 fully saturated rings. The number of esters is 1. The quantitative estimate of drug-likeness (QED) is 0.813. The Kier molecular flexibility index (Phi) is 4.38. The highest BCUT2D eigenvalue weighted by molar-refractivity contribution is 7.10. The van der Waals surface area contributed by atoms with Gasteiger partial charge in [-0.1, -0.05) is 11.6 Å². The Morgan fingerprint density at radius 3 is 3.00 bits per heavy atom. The van der Waals surface area contributed by atoms with Crippen LogP contribution in [0.3, 0.4) is 0 Å². The zero-order valence-corrected chi connectivity index (χ0v) is 9.40. The predicted molar refractivity (Wildman–Crippen MR) is 57.5 cm³/mol. The fraction of sp³-hybridized carbons (Fsp3) is 0.444. The molecule has 78 valence electrons. The lowest BCUT2D eigenvalue weighted by Crippen LogP contribution is -2.16. The molecule has 1 aromatic rings. The van der Waals surface area contributed by atoms with Crippen LogP contribution in [-0.2, 0) is 9.53 Å². The van der Waals surface area contributed by atoms with Crippen molar-refractivity contribution in [3.8, 4) is 0 Å². The summed E-state index contributed by atoms with van der Waals surface area (Å²) in [5.41, 5.74) is 5.79. The number of carbonyl (C=O) groups is 1. The Hall–Kier alpha value is -0.580. The van der Waals surface area contributed by atoms with E-state index in [1.807, 2.05) is 0 Å². The van der Waals surface area contributed by atoms with E-state index in [0.717, 1.165) is 4.88 Å². The van der Waals surface area contributed by atoms with Crippen LogP contribution in [0.4, 0.5) is 0 Å². The van der Waals surface area contributed by atoms with E-state index in [4.69, 9.17) is 22.1 Å². The molecule has 1 aromatic heterocycles. The Morgan fingerprint density at radius 2 is 2.50 bits per heavy atom. The van der Waals surface area contributed by atoms with Gasteiger partial charge in [-0.2, -0.15) is 0 Å². The van der Waals surface area contributed by atoms with Gasteiger partial charge in [-0.25, -0.2) is 0 Å². The first-order valence-corrected chi connectivity index (χ1v) is 5.54. The lowest BCUT2D eigenvalue weighted by molar-refractivity contribution is -0.143. The number of hydrogen-bond acceptors (Lipinski definition) is 4. The molecule has 5 heteroatoms. The average Bonchev–Trinajstić information content (AvgIpc) is 2.52.